The van der Waals surface area contributed by atoms with Gasteiger partial charge in [-0.3, -0.25) is 9.69 Å². The number of aliphatic hydroxyl groups is 1. The third kappa shape index (κ3) is 3.99. The van der Waals surface area contributed by atoms with Crippen LogP contribution >= 0.6 is 11.6 Å². The summed E-state index contributed by atoms with van der Waals surface area (Å²) in [6.45, 7) is 0. The van der Waals surface area contributed by atoms with Crippen molar-refractivity contribution < 1.29 is 27.9 Å². The van der Waals surface area contributed by atoms with Gasteiger partial charge < -0.3 is 9.84 Å². The van der Waals surface area contributed by atoms with Crippen LogP contribution in [-0.2, 0) is 19.4 Å². The quantitative estimate of drug-likeness (QED) is 0.538. The number of amides is 1. The summed E-state index contributed by atoms with van der Waals surface area (Å²) in [5, 5.41) is 11.2. The third-order valence-corrected chi connectivity index (χ3v) is 7.40. The van der Waals surface area contributed by atoms with E-state index in [2.05, 4.69) is 0 Å². The fraction of sp³-hybridized carbons (Fsp3) is 0.0833. The highest BCUT2D eigenvalue weighted by molar-refractivity contribution is 7.95. The molecule has 4 rings (SSSR count). The Balaban J connectivity index is 1.91. The highest BCUT2D eigenvalue weighted by atomic mass is 35.5. The van der Waals surface area contributed by atoms with Gasteiger partial charge in [-0.15, -0.1) is 0 Å². The molecule has 1 N–H and O–H groups in total. The fourth-order valence-electron chi connectivity index (χ4n) is 3.67. The average molecular weight is 484 g/mol. The van der Waals surface area contributed by atoms with Crippen LogP contribution in [0.25, 0.3) is 0 Å². The molecule has 168 valence electrons. The summed E-state index contributed by atoms with van der Waals surface area (Å²) < 4.78 is 31.8. The minimum absolute atomic E-state index is 0.0616. The first-order valence-electron chi connectivity index (χ1n) is 9.76. The zero-order valence-corrected chi connectivity index (χ0v) is 18.9. The largest absolute Gasteiger partial charge is 0.502 e. The third-order valence-electron chi connectivity index (χ3n) is 5.26. The first-order valence-corrected chi connectivity index (χ1v) is 11.6. The average Bonchev–Trinajstić information content (AvgIpc) is 3.11. The van der Waals surface area contributed by atoms with Crippen LogP contribution in [0.15, 0.2) is 94.4 Å². The number of ether oxygens (including phenoxy) is 1. The number of sulfone groups is 1. The lowest BCUT2D eigenvalue weighted by atomic mass is 10.0. The number of benzene rings is 3. The van der Waals surface area contributed by atoms with Gasteiger partial charge in [0, 0.05) is 10.7 Å². The van der Waals surface area contributed by atoms with E-state index in [-0.39, 0.29) is 10.5 Å². The van der Waals surface area contributed by atoms with Gasteiger partial charge in [0.1, 0.15) is 10.9 Å². The van der Waals surface area contributed by atoms with Gasteiger partial charge in [-0.1, -0.05) is 41.9 Å². The number of nitrogens with zero attached hydrogens (tertiary/aromatic N) is 1. The van der Waals surface area contributed by atoms with E-state index in [4.69, 9.17) is 16.3 Å². The van der Waals surface area contributed by atoms with Crippen molar-refractivity contribution in [1.29, 1.82) is 0 Å². The van der Waals surface area contributed by atoms with Crippen molar-refractivity contribution in [2.75, 3.05) is 12.0 Å². The zero-order chi connectivity index (χ0) is 23.8. The Kier molecular flexibility index (Phi) is 5.97. The molecule has 33 heavy (non-hydrogen) atoms. The summed E-state index contributed by atoms with van der Waals surface area (Å²) in [7, 11) is -3.00. The van der Waals surface area contributed by atoms with E-state index in [1.807, 2.05) is 0 Å². The summed E-state index contributed by atoms with van der Waals surface area (Å²) in [5.41, 5.74) is 0.977. The molecule has 0 fully saturated rings. The normalized spacial score (nSPS) is 16.2. The molecule has 1 aliphatic heterocycles. The van der Waals surface area contributed by atoms with Crippen LogP contribution in [0, 0.1) is 0 Å². The van der Waals surface area contributed by atoms with Gasteiger partial charge in [0.05, 0.1) is 17.6 Å². The molecule has 1 aliphatic rings. The molecule has 1 heterocycles. The summed E-state index contributed by atoms with van der Waals surface area (Å²) in [4.78, 5) is 25.6. The topological polar surface area (TPSA) is 101 Å². The maximum Gasteiger partial charge on any atom is 0.337 e. The van der Waals surface area contributed by atoms with Gasteiger partial charge in [-0.25, -0.2) is 13.2 Å². The van der Waals surface area contributed by atoms with Crippen molar-refractivity contribution in [3.05, 3.63) is 106 Å². The molecule has 1 amide bonds. The van der Waals surface area contributed by atoms with Gasteiger partial charge in [0.25, 0.3) is 5.91 Å². The van der Waals surface area contributed by atoms with Crippen LogP contribution in [0.5, 0.6) is 0 Å². The van der Waals surface area contributed by atoms with E-state index >= 15 is 0 Å². The summed E-state index contributed by atoms with van der Waals surface area (Å²) >= 11 is 5.98. The first kappa shape index (κ1) is 22.6. The van der Waals surface area contributed by atoms with E-state index in [0.717, 1.165) is 0 Å². The molecule has 1 atom stereocenters. The van der Waals surface area contributed by atoms with Crippen LogP contribution < -0.4 is 4.90 Å². The Morgan fingerprint density at radius 2 is 1.58 bits per heavy atom. The molecule has 3 aromatic carbocycles. The Morgan fingerprint density at radius 3 is 2.15 bits per heavy atom. The predicted molar refractivity (Wildman–Crippen MR) is 123 cm³/mol. The second-order valence-corrected chi connectivity index (χ2v) is 9.55. The lowest BCUT2D eigenvalue weighted by Gasteiger charge is -2.27. The minimum Gasteiger partial charge on any atom is -0.502 e. The van der Waals surface area contributed by atoms with Crippen LogP contribution in [0.1, 0.15) is 22.0 Å². The summed E-state index contributed by atoms with van der Waals surface area (Å²) in [5.74, 6) is -2.29. The smallest absolute Gasteiger partial charge is 0.337 e. The molecule has 9 heteroatoms. The molecule has 0 saturated carbocycles. The standard InChI is InChI=1S/C24H18ClNO6S/c1-32-24(29)16-9-7-15(8-10-16)20-22(33(30,31)19-5-3-2-4-6-19)21(27)23(28)26(20)18-13-11-17(25)12-14-18/h2-14,20,27H,1H3. The molecule has 7 nitrogen and oxygen atoms in total. The Morgan fingerprint density at radius 1 is 0.970 bits per heavy atom. The van der Waals surface area contributed by atoms with Gasteiger partial charge in [0.2, 0.25) is 9.84 Å². The number of aliphatic hydroxyl groups excluding tert-OH is 1. The molecular formula is C24H18ClNO6S. The van der Waals surface area contributed by atoms with Gasteiger partial charge in [0.15, 0.2) is 5.76 Å². The molecule has 0 aromatic heterocycles. The fourth-order valence-corrected chi connectivity index (χ4v) is 5.44. The monoisotopic (exact) mass is 483 g/mol. The van der Waals surface area contributed by atoms with Gasteiger partial charge >= 0.3 is 5.97 Å². The molecule has 0 aliphatic carbocycles. The van der Waals surface area contributed by atoms with Crippen LogP contribution in [0.4, 0.5) is 5.69 Å². The van der Waals surface area contributed by atoms with Crippen molar-refractivity contribution in [3.8, 4) is 0 Å². The van der Waals surface area contributed by atoms with Crippen molar-refractivity contribution in [2.24, 2.45) is 0 Å². The number of methoxy groups -OCH3 is 1. The van der Waals surface area contributed by atoms with Crippen molar-refractivity contribution in [2.45, 2.75) is 10.9 Å². The molecule has 0 saturated heterocycles. The number of hydrogen-bond acceptors (Lipinski definition) is 6. The molecular weight excluding hydrogens is 466 g/mol. The molecule has 0 bridgehead atoms. The molecule has 3 aromatic rings. The highest BCUT2D eigenvalue weighted by Gasteiger charge is 2.47. The van der Waals surface area contributed by atoms with E-state index < -0.39 is 38.4 Å². The highest BCUT2D eigenvalue weighted by Crippen LogP contribution is 2.44. The maximum absolute atomic E-state index is 13.5. The zero-order valence-electron chi connectivity index (χ0n) is 17.3. The SMILES string of the molecule is COC(=O)c1ccc(C2C(S(=O)(=O)c3ccccc3)=C(O)C(=O)N2c2ccc(Cl)cc2)cc1. The minimum atomic E-state index is -4.25. The number of carbonyl (C=O) groups is 2. The second-order valence-electron chi connectivity index (χ2n) is 7.20. The van der Waals surface area contributed by atoms with E-state index in [1.165, 1.54) is 48.4 Å². The number of anilines is 1. The van der Waals surface area contributed by atoms with Crippen molar-refractivity contribution in [1.82, 2.24) is 0 Å². The van der Waals surface area contributed by atoms with Crippen LogP contribution in [-0.4, -0.2) is 32.5 Å². The number of halogens is 1. The van der Waals surface area contributed by atoms with Gasteiger partial charge in [-0.05, 0) is 54.1 Å². The molecule has 0 radical (unpaired) electrons. The summed E-state index contributed by atoms with van der Waals surface area (Å²) in [6.07, 6.45) is 0. The Labute approximate surface area is 195 Å². The van der Waals surface area contributed by atoms with Crippen molar-refractivity contribution >= 4 is 39.0 Å². The first-order chi connectivity index (χ1) is 15.8. The second kappa shape index (κ2) is 8.73. The predicted octanol–water partition coefficient (Wildman–Crippen LogP) is 4.46. The lowest BCUT2D eigenvalue weighted by Crippen LogP contribution is -2.31. The lowest BCUT2D eigenvalue weighted by molar-refractivity contribution is -0.117. The maximum atomic E-state index is 13.5. The Hall–Kier alpha value is -3.62. The summed E-state index contributed by atoms with van der Waals surface area (Å²) in [6, 6.07) is 18.6. The van der Waals surface area contributed by atoms with Gasteiger partial charge in [-0.2, -0.15) is 0 Å². The van der Waals surface area contributed by atoms with E-state index in [0.29, 0.717) is 16.3 Å². The van der Waals surface area contributed by atoms with E-state index in [9.17, 15) is 23.1 Å². The van der Waals surface area contributed by atoms with Crippen molar-refractivity contribution in [3.63, 3.8) is 0 Å². The number of esters is 1. The molecule has 0 spiro atoms. The Bertz CT molecular complexity index is 1350. The number of rotatable bonds is 5. The number of hydrogen-bond donors (Lipinski definition) is 1. The molecule has 1 unspecified atom stereocenters. The van der Waals surface area contributed by atoms with E-state index in [1.54, 1.807) is 42.5 Å². The number of carbonyl (C=O) groups excluding carboxylic acids is 2. The van der Waals surface area contributed by atoms with Crippen LogP contribution in [0.2, 0.25) is 5.02 Å². The van der Waals surface area contributed by atoms with Crippen LogP contribution in [0.3, 0.4) is 0 Å².